The molecule has 0 aromatic carbocycles. The van der Waals surface area contributed by atoms with Gasteiger partial charge in [0.15, 0.2) is 5.76 Å². The van der Waals surface area contributed by atoms with Gasteiger partial charge in [0, 0.05) is 31.5 Å². The van der Waals surface area contributed by atoms with Crippen LogP contribution in [0.5, 0.6) is 0 Å². The Morgan fingerprint density at radius 2 is 1.65 bits per heavy atom. The molecule has 0 saturated heterocycles. The van der Waals surface area contributed by atoms with Crippen molar-refractivity contribution in [2.45, 2.75) is 123 Å². The highest BCUT2D eigenvalue weighted by molar-refractivity contribution is 6.76. The molecule has 3 N–H and O–H groups in total. The summed E-state index contributed by atoms with van der Waals surface area (Å²) in [6, 6.07) is 4.74. The molecule has 262 valence electrons. The fourth-order valence-electron chi connectivity index (χ4n) is 7.97. The van der Waals surface area contributed by atoms with Gasteiger partial charge < -0.3 is 20.3 Å². The average molecular weight is 697 g/mol. The van der Waals surface area contributed by atoms with Crippen LogP contribution in [0.4, 0.5) is 5.82 Å². The third-order valence-electron chi connectivity index (χ3n) is 10.4. The van der Waals surface area contributed by atoms with Crippen LogP contribution in [0.1, 0.15) is 103 Å². The number of amides is 2. The summed E-state index contributed by atoms with van der Waals surface area (Å²) in [5.41, 5.74) is 9.86. The van der Waals surface area contributed by atoms with Gasteiger partial charge in [-0.2, -0.15) is 5.10 Å². The Morgan fingerprint density at radius 1 is 1.02 bits per heavy atom. The number of aryl methyl sites for hydroxylation is 2. The Kier molecular flexibility index (Phi) is 11.8. The van der Waals surface area contributed by atoms with E-state index in [-0.39, 0.29) is 28.3 Å². The molecule has 3 heterocycles. The molecule has 1 atom stereocenters. The summed E-state index contributed by atoms with van der Waals surface area (Å²) in [5, 5.41) is 12.2. The Morgan fingerprint density at radius 3 is 2.21 bits per heavy atom. The maximum absolute atomic E-state index is 14.5. The van der Waals surface area contributed by atoms with Crippen molar-refractivity contribution in [1.29, 1.82) is 0 Å². The topological polar surface area (TPSA) is 138 Å². The highest BCUT2D eigenvalue weighted by Gasteiger charge is 2.45. The van der Waals surface area contributed by atoms with Crippen LogP contribution in [-0.2, 0) is 16.3 Å². The van der Waals surface area contributed by atoms with Crippen LogP contribution in [0, 0.1) is 38.5 Å². The van der Waals surface area contributed by atoms with E-state index in [0.717, 1.165) is 79.9 Å². The highest BCUT2D eigenvalue weighted by Crippen LogP contribution is 2.48. The molecule has 48 heavy (non-hydrogen) atoms. The minimum Gasteiger partial charge on any atom is -0.365 e. The van der Waals surface area contributed by atoms with Crippen molar-refractivity contribution in [2.24, 2.45) is 23.5 Å². The first kappa shape index (κ1) is 36.3. The molecule has 0 spiro atoms. The monoisotopic (exact) mass is 696 g/mol. The summed E-state index contributed by atoms with van der Waals surface area (Å²) in [6.07, 6.45) is 11.2. The number of aromatic nitrogens is 4. The molecular weight excluding hydrogens is 644 g/mol. The van der Waals surface area contributed by atoms with E-state index >= 15 is 0 Å². The summed E-state index contributed by atoms with van der Waals surface area (Å²) >= 11 is 6.83. The number of ether oxygens (including phenoxy) is 1. The first-order valence-corrected chi connectivity index (χ1v) is 21.8. The number of pyridine rings is 1. The number of hydrogen-bond acceptors (Lipinski definition) is 7. The van der Waals surface area contributed by atoms with Crippen LogP contribution in [0.2, 0.25) is 30.8 Å². The zero-order chi connectivity index (χ0) is 34.6. The summed E-state index contributed by atoms with van der Waals surface area (Å²) < 4.78 is 13.7. The number of anilines is 1. The molecule has 0 bridgehead atoms. The van der Waals surface area contributed by atoms with Gasteiger partial charge in [-0.1, -0.05) is 101 Å². The fourth-order valence-corrected chi connectivity index (χ4v) is 8.98. The predicted molar refractivity (Wildman–Crippen MR) is 192 cm³/mol. The molecule has 12 heteroatoms. The van der Waals surface area contributed by atoms with Gasteiger partial charge in [0.05, 0.1) is 11.4 Å². The molecule has 2 aliphatic rings. The Labute approximate surface area is 290 Å². The molecule has 0 unspecified atom stereocenters. The normalized spacial score (nSPS) is 17.2. The van der Waals surface area contributed by atoms with E-state index in [0.29, 0.717) is 36.7 Å². The van der Waals surface area contributed by atoms with E-state index in [1.54, 1.807) is 13.0 Å². The van der Waals surface area contributed by atoms with Gasteiger partial charge in [0.25, 0.3) is 5.91 Å². The molecule has 2 amide bonds. The number of halogens is 1. The van der Waals surface area contributed by atoms with E-state index in [9.17, 15) is 9.59 Å². The van der Waals surface area contributed by atoms with Gasteiger partial charge in [-0.25, -0.2) is 9.67 Å². The number of hydrogen-bond donors (Lipinski definition) is 2. The molecule has 3 aromatic heterocycles. The quantitative estimate of drug-likeness (QED) is 0.104. The summed E-state index contributed by atoms with van der Waals surface area (Å²) in [6.45, 7) is 13.7. The van der Waals surface area contributed by atoms with Crippen molar-refractivity contribution < 1.29 is 18.8 Å². The third kappa shape index (κ3) is 8.39. The molecule has 3 aromatic rings. The fraction of sp³-hybridized carbons (Fsp3) is 0.639. The van der Waals surface area contributed by atoms with Crippen LogP contribution < -0.4 is 11.1 Å². The molecule has 0 radical (unpaired) electrons. The van der Waals surface area contributed by atoms with Gasteiger partial charge in [0.1, 0.15) is 29.2 Å². The predicted octanol–water partition coefficient (Wildman–Crippen LogP) is 8.42. The van der Waals surface area contributed by atoms with Crippen molar-refractivity contribution in [3.8, 4) is 11.1 Å². The van der Waals surface area contributed by atoms with E-state index in [4.69, 9.17) is 31.7 Å². The second-order valence-electron chi connectivity index (χ2n) is 15.1. The number of rotatable bonds is 13. The van der Waals surface area contributed by atoms with Crippen LogP contribution in [-0.4, -0.2) is 46.4 Å². The lowest BCUT2D eigenvalue weighted by atomic mass is 9.63. The largest absolute Gasteiger partial charge is 0.365 e. The summed E-state index contributed by atoms with van der Waals surface area (Å²) in [5.74, 6) is -0.369. The van der Waals surface area contributed by atoms with Gasteiger partial charge in [0.2, 0.25) is 5.91 Å². The highest BCUT2D eigenvalue weighted by atomic mass is 35.5. The summed E-state index contributed by atoms with van der Waals surface area (Å²) in [4.78, 5) is 31.9. The molecule has 2 aliphatic carbocycles. The number of carbonyl (C=O) groups excluding carboxylic acids is 2. The number of carbonyl (C=O) groups is 2. The van der Waals surface area contributed by atoms with Crippen molar-refractivity contribution in [2.75, 3.05) is 11.9 Å². The smallest absolute Gasteiger partial charge is 0.254 e. The molecular formula is C36H53ClN6O4Si. The lowest BCUT2D eigenvalue weighted by molar-refractivity contribution is -0.121. The van der Waals surface area contributed by atoms with Gasteiger partial charge in [-0.05, 0) is 56.7 Å². The van der Waals surface area contributed by atoms with Gasteiger partial charge in [-0.3, -0.25) is 9.59 Å². The Balaban J connectivity index is 1.43. The molecule has 0 aliphatic heterocycles. The van der Waals surface area contributed by atoms with E-state index in [1.165, 1.54) is 12.8 Å². The standard InChI is InChI=1S/C36H53ClN6O4Si/c1-22-29(24(3)43(41-22)21-46-19-20-48(4,5)6)27-17-18-28(39-34(27)37)40-36(45)32(33-30(35(38)44)23(2)42-47-33)31(25-13-9-7-10-14-25)26-15-11-8-12-16-26/h17-18,25-26,31-32H,7-16,19-21H2,1-6H3,(H2,38,44)(H,39,40,45)/t32-/m0/s1. The van der Waals surface area contributed by atoms with Crippen LogP contribution in [0.15, 0.2) is 16.7 Å². The van der Waals surface area contributed by atoms with Gasteiger partial charge in [-0.15, -0.1) is 0 Å². The maximum Gasteiger partial charge on any atom is 0.254 e. The Bertz CT molecular complexity index is 1570. The number of nitrogens with zero attached hydrogens (tertiary/aromatic N) is 4. The maximum atomic E-state index is 14.5. The average Bonchev–Trinajstić information content (AvgIpc) is 3.56. The molecule has 2 saturated carbocycles. The van der Waals surface area contributed by atoms with Crippen molar-refractivity contribution in [3.63, 3.8) is 0 Å². The van der Waals surface area contributed by atoms with Crippen molar-refractivity contribution >= 4 is 37.3 Å². The third-order valence-corrected chi connectivity index (χ3v) is 12.4. The SMILES string of the molecule is Cc1noc([C@@H](C(=O)Nc2ccc(-c3c(C)nn(COCC[Si](C)(C)C)c3C)c(Cl)n2)C(C2CCCCC2)C2CCCCC2)c1C(N)=O. The lowest BCUT2D eigenvalue weighted by Gasteiger charge is -2.41. The molecule has 10 nitrogen and oxygen atoms in total. The molecule has 2 fully saturated rings. The summed E-state index contributed by atoms with van der Waals surface area (Å²) in [7, 11) is -1.19. The number of nitrogens with one attached hydrogen (secondary N) is 1. The number of primary amides is 1. The first-order chi connectivity index (χ1) is 22.9. The van der Waals surface area contributed by atoms with Crippen molar-refractivity contribution in [3.05, 3.63) is 45.7 Å². The van der Waals surface area contributed by atoms with E-state index in [2.05, 4.69) is 35.1 Å². The minimum absolute atomic E-state index is 0.00473. The first-order valence-electron chi connectivity index (χ1n) is 17.7. The van der Waals surface area contributed by atoms with E-state index < -0.39 is 19.9 Å². The Hall–Kier alpha value is -3.02. The van der Waals surface area contributed by atoms with Crippen LogP contribution in [0.25, 0.3) is 11.1 Å². The second kappa shape index (κ2) is 15.7. The minimum atomic E-state index is -1.19. The second-order valence-corrected chi connectivity index (χ2v) is 21.1. The zero-order valence-electron chi connectivity index (χ0n) is 29.5. The van der Waals surface area contributed by atoms with E-state index in [1.807, 2.05) is 24.6 Å². The zero-order valence-corrected chi connectivity index (χ0v) is 31.3. The lowest BCUT2D eigenvalue weighted by Crippen LogP contribution is -2.39. The van der Waals surface area contributed by atoms with Crippen LogP contribution >= 0.6 is 11.6 Å². The number of nitrogens with two attached hydrogens (primary N) is 1. The van der Waals surface area contributed by atoms with Crippen LogP contribution in [0.3, 0.4) is 0 Å². The molecule has 5 rings (SSSR count). The van der Waals surface area contributed by atoms with Gasteiger partial charge >= 0.3 is 0 Å². The van der Waals surface area contributed by atoms with Crippen molar-refractivity contribution in [1.82, 2.24) is 19.9 Å².